The van der Waals surface area contributed by atoms with Crippen molar-refractivity contribution >= 4 is 38.9 Å². The zero-order valence-corrected chi connectivity index (χ0v) is 21.2. The largest absolute Gasteiger partial charge is 0.309 e. The normalized spacial score (nSPS) is 20.1. The molecule has 0 amide bonds. The number of nitrogens with zero attached hydrogens (tertiary/aromatic N) is 5. The number of hydrogen-bond donors (Lipinski definition) is 2. The molecule has 0 aromatic carbocycles. The summed E-state index contributed by atoms with van der Waals surface area (Å²) in [5.41, 5.74) is 0.855. The van der Waals surface area contributed by atoms with Gasteiger partial charge in [0.1, 0.15) is 17.9 Å². The zero-order chi connectivity index (χ0) is 24.2. The second-order valence-electron chi connectivity index (χ2n) is 9.89. The summed E-state index contributed by atoms with van der Waals surface area (Å²) in [6, 6.07) is 1.86. The van der Waals surface area contributed by atoms with Crippen molar-refractivity contribution in [2.75, 3.05) is 11.9 Å². The van der Waals surface area contributed by atoms with Gasteiger partial charge >= 0.3 is 0 Å². The summed E-state index contributed by atoms with van der Waals surface area (Å²) in [7, 11) is -1.86. The van der Waals surface area contributed by atoms with E-state index < -0.39 is 10.0 Å². The van der Waals surface area contributed by atoms with Crippen LogP contribution in [0.3, 0.4) is 0 Å². The van der Waals surface area contributed by atoms with Crippen LogP contribution in [0.15, 0.2) is 23.5 Å². The van der Waals surface area contributed by atoms with Gasteiger partial charge in [-0.2, -0.15) is 5.10 Å². The van der Waals surface area contributed by atoms with Gasteiger partial charge < -0.3 is 5.32 Å². The van der Waals surface area contributed by atoms with Gasteiger partial charge in [0, 0.05) is 47.8 Å². The molecule has 12 heteroatoms. The van der Waals surface area contributed by atoms with Crippen LogP contribution in [-0.4, -0.2) is 45.3 Å². The predicted octanol–water partition coefficient (Wildman–Crippen LogP) is 2.76. The minimum atomic E-state index is -3.70. The summed E-state index contributed by atoms with van der Waals surface area (Å²) >= 11 is 1.51. The highest BCUT2D eigenvalue weighted by Crippen LogP contribution is 2.42. The van der Waals surface area contributed by atoms with E-state index in [2.05, 4.69) is 25.3 Å². The molecule has 2 N–H and O–H groups in total. The van der Waals surface area contributed by atoms with Crippen LogP contribution in [0.5, 0.6) is 0 Å². The number of rotatable bonds is 10. The van der Waals surface area contributed by atoms with Gasteiger partial charge in [-0.15, -0.1) is 21.5 Å². The fraction of sp³-hybridized carbons (Fsp3) is 0.565. The number of hydrogen-bond acceptors (Lipinski definition) is 8. The first-order valence-electron chi connectivity index (χ1n) is 12.2. The van der Waals surface area contributed by atoms with E-state index >= 15 is 0 Å². The van der Waals surface area contributed by atoms with Crippen LogP contribution in [0, 0.1) is 11.8 Å². The number of carbonyl (C=O) groups excluding carboxylic acids is 1. The first-order valence-corrected chi connectivity index (χ1v) is 14.5. The molecule has 35 heavy (non-hydrogen) atoms. The van der Waals surface area contributed by atoms with Crippen molar-refractivity contribution in [1.29, 1.82) is 0 Å². The molecule has 0 unspecified atom stereocenters. The second kappa shape index (κ2) is 8.82. The molecule has 3 aromatic rings. The minimum Gasteiger partial charge on any atom is -0.309 e. The minimum absolute atomic E-state index is 0.00666. The Morgan fingerprint density at radius 3 is 2.77 bits per heavy atom. The standard InChI is InChI=1S/C23H29N7O3S2/c1-29-21(8-9-25-29)27-23-28-24-13-30(23)16-6-7-19-17(10-16)22(35(32,33)26-12-14-2-3-14)20(34-19)11-18(31)15-4-5-15/h8-9,13-16,26H,2-7,10-12H2,1H3,(H,27,28)/t16-/m0/s1. The van der Waals surface area contributed by atoms with Crippen LogP contribution >= 0.6 is 11.3 Å². The Bertz CT molecular complexity index is 1370. The maximum atomic E-state index is 13.5. The topological polar surface area (TPSA) is 124 Å². The van der Waals surface area contributed by atoms with E-state index in [1.165, 1.54) is 11.3 Å². The third-order valence-electron chi connectivity index (χ3n) is 7.18. The number of carbonyl (C=O) groups is 1. The number of fused-ring (bicyclic) bond motifs is 1. The number of aromatic nitrogens is 5. The summed E-state index contributed by atoms with van der Waals surface area (Å²) in [6.07, 6.45) is 9.76. The van der Waals surface area contributed by atoms with Gasteiger partial charge in [-0.05, 0) is 56.4 Å². The summed E-state index contributed by atoms with van der Waals surface area (Å²) in [6.45, 7) is 0.469. The summed E-state index contributed by atoms with van der Waals surface area (Å²) in [5.74, 6) is 2.09. The SMILES string of the molecule is Cn1nccc1Nc1nncn1[C@H]1CCc2sc(CC(=O)C3CC3)c(S(=O)(=O)NCC3CC3)c2C1. The number of sulfonamides is 1. The van der Waals surface area contributed by atoms with Gasteiger partial charge in [-0.25, -0.2) is 13.1 Å². The van der Waals surface area contributed by atoms with E-state index in [0.29, 0.717) is 34.6 Å². The fourth-order valence-electron chi connectivity index (χ4n) is 4.80. The Balaban J connectivity index is 1.31. The van der Waals surface area contributed by atoms with Crippen LogP contribution in [0.2, 0.25) is 0 Å². The Labute approximate surface area is 208 Å². The molecular weight excluding hydrogens is 486 g/mol. The molecule has 2 saturated carbocycles. The molecule has 0 radical (unpaired) electrons. The van der Waals surface area contributed by atoms with Gasteiger partial charge in [-0.3, -0.25) is 14.0 Å². The van der Waals surface area contributed by atoms with Gasteiger partial charge in [-0.1, -0.05) is 0 Å². The highest BCUT2D eigenvalue weighted by atomic mass is 32.2. The van der Waals surface area contributed by atoms with Crippen molar-refractivity contribution in [1.82, 2.24) is 29.3 Å². The second-order valence-corrected chi connectivity index (χ2v) is 12.8. The first kappa shape index (κ1) is 22.9. The quantitative estimate of drug-likeness (QED) is 0.425. The molecule has 0 aliphatic heterocycles. The molecule has 3 heterocycles. The number of aryl methyl sites for hydroxylation is 2. The van der Waals surface area contributed by atoms with Crippen molar-refractivity contribution in [3.8, 4) is 0 Å². The number of thiophene rings is 1. The maximum absolute atomic E-state index is 13.5. The highest BCUT2D eigenvalue weighted by Gasteiger charge is 2.37. The van der Waals surface area contributed by atoms with Crippen molar-refractivity contribution < 1.29 is 13.2 Å². The van der Waals surface area contributed by atoms with Gasteiger partial charge in [0.25, 0.3) is 0 Å². The molecule has 0 saturated heterocycles. The van der Waals surface area contributed by atoms with Gasteiger partial charge in [0.05, 0.1) is 11.1 Å². The molecule has 2 fully saturated rings. The van der Waals surface area contributed by atoms with Crippen LogP contribution in [0.1, 0.15) is 53.5 Å². The molecular formula is C23H29N7O3S2. The van der Waals surface area contributed by atoms with Crippen LogP contribution in [0.25, 0.3) is 0 Å². The number of ketones is 1. The maximum Gasteiger partial charge on any atom is 0.241 e. The zero-order valence-electron chi connectivity index (χ0n) is 19.6. The summed E-state index contributed by atoms with van der Waals surface area (Å²) in [4.78, 5) is 14.8. The fourth-order valence-corrected chi connectivity index (χ4v) is 8.08. The van der Waals surface area contributed by atoms with Gasteiger partial charge in [0.2, 0.25) is 16.0 Å². The Hall–Kier alpha value is -2.57. The molecule has 0 spiro atoms. The summed E-state index contributed by atoms with van der Waals surface area (Å²) in [5, 5.41) is 15.8. The van der Waals surface area contributed by atoms with E-state index in [1.54, 1.807) is 17.2 Å². The number of nitrogens with one attached hydrogen (secondary N) is 2. The molecule has 3 aliphatic carbocycles. The lowest BCUT2D eigenvalue weighted by atomic mass is 9.93. The van der Waals surface area contributed by atoms with Crippen molar-refractivity contribution in [2.45, 2.75) is 62.3 Å². The smallest absolute Gasteiger partial charge is 0.241 e. The van der Waals surface area contributed by atoms with Gasteiger partial charge in [0.15, 0.2) is 0 Å². The molecule has 0 bridgehead atoms. The number of Topliss-reactive ketones (excluding diaryl/α,β-unsaturated/α-hetero) is 1. The van der Waals surface area contributed by atoms with E-state index in [4.69, 9.17) is 0 Å². The van der Waals surface area contributed by atoms with Crippen LogP contribution in [-0.2, 0) is 41.1 Å². The third kappa shape index (κ3) is 4.66. The predicted molar refractivity (Wildman–Crippen MR) is 131 cm³/mol. The Morgan fingerprint density at radius 2 is 2.06 bits per heavy atom. The number of anilines is 2. The first-order chi connectivity index (χ1) is 16.9. The van der Waals surface area contributed by atoms with Crippen molar-refractivity contribution in [3.63, 3.8) is 0 Å². The molecule has 6 rings (SSSR count). The van der Waals surface area contributed by atoms with Crippen molar-refractivity contribution in [2.24, 2.45) is 18.9 Å². The third-order valence-corrected chi connectivity index (χ3v) is 10.2. The molecule has 186 valence electrons. The average molecular weight is 516 g/mol. The lowest BCUT2D eigenvalue weighted by molar-refractivity contribution is -0.119. The van der Waals surface area contributed by atoms with Crippen LogP contribution in [0.4, 0.5) is 11.8 Å². The average Bonchev–Trinajstić information content (AvgIpc) is 3.73. The van der Waals surface area contributed by atoms with E-state index in [0.717, 1.165) is 54.8 Å². The summed E-state index contributed by atoms with van der Waals surface area (Å²) < 4.78 is 33.6. The van der Waals surface area contributed by atoms with E-state index in [-0.39, 0.29) is 24.2 Å². The Kier molecular flexibility index (Phi) is 5.76. The molecule has 3 aromatic heterocycles. The lowest BCUT2D eigenvalue weighted by Crippen LogP contribution is -2.28. The molecule has 1 atom stereocenters. The monoisotopic (exact) mass is 515 g/mol. The van der Waals surface area contributed by atoms with E-state index in [1.807, 2.05) is 17.7 Å². The highest BCUT2D eigenvalue weighted by molar-refractivity contribution is 7.89. The van der Waals surface area contributed by atoms with E-state index in [9.17, 15) is 13.2 Å². The van der Waals surface area contributed by atoms with Crippen LogP contribution < -0.4 is 10.0 Å². The lowest BCUT2D eigenvalue weighted by Gasteiger charge is -2.25. The van der Waals surface area contributed by atoms with Crippen molar-refractivity contribution in [3.05, 3.63) is 33.9 Å². The Morgan fingerprint density at radius 1 is 1.23 bits per heavy atom. The molecule has 10 nitrogen and oxygen atoms in total. The molecule has 3 aliphatic rings.